The Morgan fingerprint density at radius 3 is 2.60 bits per heavy atom. The maximum atomic E-state index is 5.83. The average molecular weight is 208 g/mol. The van der Waals surface area contributed by atoms with E-state index in [4.69, 9.17) is 10.5 Å². The van der Waals surface area contributed by atoms with Crippen molar-refractivity contribution in [3.05, 3.63) is 23.8 Å². The van der Waals surface area contributed by atoms with Crippen LogP contribution >= 0.6 is 0 Å². The molecule has 0 amide bonds. The maximum Gasteiger partial charge on any atom is 0.141 e. The number of aryl methyl sites for hydroxylation is 1. The number of benzene rings is 1. The number of hydrogen-bond donors (Lipinski definition) is 1. The molecular weight excluding hydrogens is 188 g/mol. The van der Waals surface area contributed by atoms with Gasteiger partial charge in [0.1, 0.15) is 5.75 Å². The van der Waals surface area contributed by atoms with Crippen molar-refractivity contribution in [3.8, 4) is 5.75 Å². The van der Waals surface area contributed by atoms with Gasteiger partial charge < -0.3 is 15.4 Å². The molecular formula is C12H20N2O. The Kier molecular flexibility index (Phi) is 4.43. The topological polar surface area (TPSA) is 38.5 Å². The molecule has 0 aromatic heterocycles. The van der Waals surface area contributed by atoms with Gasteiger partial charge in [0.25, 0.3) is 0 Å². The third kappa shape index (κ3) is 3.80. The fourth-order valence-electron chi connectivity index (χ4n) is 1.54. The largest absolute Gasteiger partial charge is 0.495 e. The molecule has 3 heteroatoms. The lowest BCUT2D eigenvalue weighted by molar-refractivity contribution is 0.400. The molecule has 1 aromatic rings. The lowest BCUT2D eigenvalue weighted by Gasteiger charge is -2.10. The molecule has 1 rings (SSSR count). The summed E-state index contributed by atoms with van der Waals surface area (Å²) in [6.07, 6.45) is 2.21. The molecule has 0 radical (unpaired) electrons. The van der Waals surface area contributed by atoms with Crippen LogP contribution in [0.15, 0.2) is 18.2 Å². The molecule has 0 unspecified atom stereocenters. The Morgan fingerprint density at radius 2 is 2.07 bits per heavy atom. The van der Waals surface area contributed by atoms with Crippen LogP contribution in [0.2, 0.25) is 0 Å². The first-order chi connectivity index (χ1) is 7.13. The second-order valence-electron chi connectivity index (χ2n) is 3.98. The van der Waals surface area contributed by atoms with Gasteiger partial charge in [0.15, 0.2) is 0 Å². The van der Waals surface area contributed by atoms with E-state index in [1.54, 1.807) is 7.11 Å². The summed E-state index contributed by atoms with van der Waals surface area (Å²) >= 11 is 0. The lowest BCUT2D eigenvalue weighted by Crippen LogP contribution is -2.13. The number of nitrogens with zero attached hydrogens (tertiary/aromatic N) is 1. The fourth-order valence-corrected chi connectivity index (χ4v) is 1.54. The summed E-state index contributed by atoms with van der Waals surface area (Å²) in [7, 11) is 5.81. The quantitative estimate of drug-likeness (QED) is 0.749. The molecule has 0 aliphatic rings. The van der Waals surface area contributed by atoms with Crippen LogP contribution in [0.4, 0.5) is 5.69 Å². The van der Waals surface area contributed by atoms with E-state index < -0.39 is 0 Å². The molecule has 15 heavy (non-hydrogen) atoms. The van der Waals surface area contributed by atoms with Crippen molar-refractivity contribution in [3.63, 3.8) is 0 Å². The van der Waals surface area contributed by atoms with Gasteiger partial charge in [0.2, 0.25) is 0 Å². The van der Waals surface area contributed by atoms with Gasteiger partial charge in [-0.25, -0.2) is 0 Å². The summed E-state index contributed by atoms with van der Waals surface area (Å²) in [6.45, 7) is 1.10. The number of nitrogen functional groups attached to an aromatic ring is 1. The van der Waals surface area contributed by atoms with Crippen molar-refractivity contribution in [2.24, 2.45) is 0 Å². The zero-order chi connectivity index (χ0) is 11.3. The van der Waals surface area contributed by atoms with Crippen molar-refractivity contribution >= 4 is 5.69 Å². The summed E-state index contributed by atoms with van der Waals surface area (Å²) in [5.41, 5.74) is 7.82. The van der Waals surface area contributed by atoms with Crippen LogP contribution in [0, 0.1) is 0 Å². The molecule has 0 atom stereocenters. The summed E-state index contributed by atoms with van der Waals surface area (Å²) in [5.74, 6) is 0.756. The Bertz CT molecular complexity index is 310. The predicted molar refractivity (Wildman–Crippen MR) is 64.3 cm³/mol. The molecule has 0 aliphatic carbocycles. The van der Waals surface area contributed by atoms with E-state index >= 15 is 0 Å². The first kappa shape index (κ1) is 11.9. The highest BCUT2D eigenvalue weighted by atomic mass is 16.5. The number of rotatable bonds is 5. The highest BCUT2D eigenvalue weighted by molar-refractivity contribution is 5.54. The summed E-state index contributed by atoms with van der Waals surface area (Å²) in [4.78, 5) is 2.19. The van der Waals surface area contributed by atoms with Crippen LogP contribution in [-0.2, 0) is 6.42 Å². The van der Waals surface area contributed by atoms with Crippen molar-refractivity contribution < 1.29 is 4.74 Å². The van der Waals surface area contributed by atoms with Crippen LogP contribution in [0.3, 0.4) is 0 Å². The highest BCUT2D eigenvalue weighted by Gasteiger charge is 2.00. The zero-order valence-electron chi connectivity index (χ0n) is 9.79. The SMILES string of the molecule is COc1ccc(CCCN(C)C)cc1N. The first-order valence-electron chi connectivity index (χ1n) is 5.20. The van der Waals surface area contributed by atoms with Crippen molar-refractivity contribution in [2.75, 3.05) is 33.5 Å². The minimum absolute atomic E-state index is 0.722. The van der Waals surface area contributed by atoms with Gasteiger partial charge in [-0.05, 0) is 51.2 Å². The Morgan fingerprint density at radius 1 is 1.33 bits per heavy atom. The summed E-state index contributed by atoms with van der Waals surface area (Å²) < 4.78 is 5.11. The van der Waals surface area contributed by atoms with E-state index in [9.17, 15) is 0 Å². The minimum atomic E-state index is 0.722. The van der Waals surface area contributed by atoms with Gasteiger partial charge >= 0.3 is 0 Å². The average Bonchev–Trinajstić information content (AvgIpc) is 2.17. The first-order valence-corrected chi connectivity index (χ1v) is 5.20. The predicted octanol–water partition coefficient (Wildman–Crippen LogP) is 1.77. The normalized spacial score (nSPS) is 10.7. The number of anilines is 1. The van der Waals surface area contributed by atoms with Gasteiger partial charge in [-0.15, -0.1) is 0 Å². The minimum Gasteiger partial charge on any atom is -0.495 e. The Labute approximate surface area is 91.8 Å². The molecule has 1 aromatic carbocycles. The van der Waals surface area contributed by atoms with E-state index in [0.717, 1.165) is 30.8 Å². The van der Waals surface area contributed by atoms with E-state index in [-0.39, 0.29) is 0 Å². The highest BCUT2D eigenvalue weighted by Crippen LogP contribution is 2.22. The molecule has 84 valence electrons. The molecule has 0 saturated heterocycles. The van der Waals surface area contributed by atoms with E-state index in [2.05, 4.69) is 25.1 Å². The van der Waals surface area contributed by atoms with Crippen LogP contribution < -0.4 is 10.5 Å². The Balaban J connectivity index is 2.52. The number of nitrogens with two attached hydrogens (primary N) is 1. The van der Waals surface area contributed by atoms with Crippen LogP contribution in [-0.4, -0.2) is 32.6 Å². The van der Waals surface area contributed by atoms with Gasteiger partial charge in [-0.2, -0.15) is 0 Å². The number of methoxy groups -OCH3 is 1. The van der Waals surface area contributed by atoms with Gasteiger partial charge in [-0.1, -0.05) is 6.07 Å². The maximum absolute atomic E-state index is 5.83. The monoisotopic (exact) mass is 208 g/mol. The molecule has 0 heterocycles. The number of ether oxygens (including phenoxy) is 1. The van der Waals surface area contributed by atoms with E-state index in [0.29, 0.717) is 0 Å². The van der Waals surface area contributed by atoms with Gasteiger partial charge in [-0.3, -0.25) is 0 Å². The van der Waals surface area contributed by atoms with Crippen molar-refractivity contribution in [1.82, 2.24) is 4.90 Å². The summed E-state index contributed by atoms with van der Waals surface area (Å²) in [5, 5.41) is 0. The summed E-state index contributed by atoms with van der Waals surface area (Å²) in [6, 6.07) is 6.00. The molecule has 0 bridgehead atoms. The molecule has 3 nitrogen and oxygen atoms in total. The standard InChI is InChI=1S/C12H20N2O/c1-14(2)8-4-5-10-6-7-12(15-3)11(13)9-10/h6-7,9H,4-5,8,13H2,1-3H3. The zero-order valence-corrected chi connectivity index (χ0v) is 9.79. The van der Waals surface area contributed by atoms with Gasteiger partial charge in [0.05, 0.1) is 12.8 Å². The van der Waals surface area contributed by atoms with Crippen LogP contribution in [0.25, 0.3) is 0 Å². The Hall–Kier alpha value is -1.22. The van der Waals surface area contributed by atoms with E-state index in [1.165, 1.54) is 5.56 Å². The molecule has 0 saturated carbocycles. The lowest BCUT2D eigenvalue weighted by atomic mass is 10.1. The second kappa shape index (κ2) is 5.61. The van der Waals surface area contributed by atoms with Gasteiger partial charge in [0, 0.05) is 0 Å². The van der Waals surface area contributed by atoms with Crippen molar-refractivity contribution in [2.45, 2.75) is 12.8 Å². The third-order valence-corrected chi connectivity index (χ3v) is 2.36. The molecule has 2 N–H and O–H groups in total. The molecule has 0 spiro atoms. The van der Waals surface area contributed by atoms with Crippen molar-refractivity contribution in [1.29, 1.82) is 0 Å². The smallest absolute Gasteiger partial charge is 0.141 e. The van der Waals surface area contributed by atoms with E-state index in [1.807, 2.05) is 12.1 Å². The number of hydrogen-bond acceptors (Lipinski definition) is 3. The fraction of sp³-hybridized carbons (Fsp3) is 0.500. The van der Waals surface area contributed by atoms with Crippen LogP contribution in [0.1, 0.15) is 12.0 Å². The molecule has 0 fully saturated rings. The molecule has 0 aliphatic heterocycles. The van der Waals surface area contributed by atoms with Crippen LogP contribution in [0.5, 0.6) is 5.75 Å². The third-order valence-electron chi connectivity index (χ3n) is 2.36. The second-order valence-corrected chi connectivity index (χ2v) is 3.98.